The van der Waals surface area contributed by atoms with Crippen LogP contribution >= 0.6 is 0 Å². The summed E-state index contributed by atoms with van der Waals surface area (Å²) < 4.78 is 5.26. The topological polar surface area (TPSA) is 9.23 Å². The van der Waals surface area contributed by atoms with Gasteiger partial charge < -0.3 is 29.6 Å². The Kier molecular flexibility index (Phi) is 10.1. The largest absolute Gasteiger partial charge is 3.00 e. The van der Waals surface area contributed by atoms with E-state index in [2.05, 4.69) is 24.3 Å². The van der Waals surface area contributed by atoms with E-state index in [1.165, 1.54) is 0 Å². The van der Waals surface area contributed by atoms with Crippen LogP contribution in [0.3, 0.4) is 0 Å². The van der Waals surface area contributed by atoms with Crippen LogP contribution in [0.25, 0.3) is 5.57 Å². The van der Waals surface area contributed by atoms with Gasteiger partial charge in [0, 0.05) is 0 Å². The Morgan fingerprint density at radius 2 is 1.88 bits per heavy atom. The minimum absolute atomic E-state index is 0. The minimum atomic E-state index is 0. The summed E-state index contributed by atoms with van der Waals surface area (Å²) in [5, 5.41) is 0. The summed E-state index contributed by atoms with van der Waals surface area (Å²) in [6.45, 7) is 0. The molecule has 1 aliphatic carbocycles. The molecule has 0 unspecified atom stereocenters. The molecule has 0 spiro atoms. The van der Waals surface area contributed by atoms with E-state index in [-0.39, 0.29) is 46.5 Å². The molecule has 16 heavy (non-hydrogen) atoms. The van der Waals surface area contributed by atoms with Gasteiger partial charge in [-0.1, -0.05) is 24.1 Å². The molecule has 1 aromatic rings. The Labute approximate surface area is 124 Å². The molecule has 0 saturated heterocycles. The van der Waals surface area contributed by atoms with Crippen molar-refractivity contribution in [3.63, 3.8) is 0 Å². The third-order valence-electron chi connectivity index (χ3n) is 2.09. The Balaban J connectivity index is 0. The summed E-state index contributed by atoms with van der Waals surface area (Å²) in [6, 6.07) is 8.01. The third-order valence-corrected chi connectivity index (χ3v) is 2.09. The molecule has 2 rings (SSSR count). The summed E-state index contributed by atoms with van der Waals surface area (Å²) in [4.78, 5) is 0. The standard InChI is InChI=1S/C12H11O.2ClH.Ti/c1-13-12-9-5-4-8-11(12)10-6-2-3-7-10;;;/h2,4-6,8-9H,3H2,1H3;2*1H;/q-1;;;+3/p-2. The zero-order valence-electron chi connectivity index (χ0n) is 8.84. The molecule has 1 nitrogen and oxygen atoms in total. The van der Waals surface area contributed by atoms with E-state index in [9.17, 15) is 0 Å². The first-order valence-electron chi connectivity index (χ1n) is 4.32. The summed E-state index contributed by atoms with van der Waals surface area (Å²) in [5.41, 5.74) is 2.26. The Bertz CT molecular complexity index is 375. The molecular weight excluding hydrogens is 279 g/mol. The van der Waals surface area contributed by atoms with Crippen LogP contribution in [0.5, 0.6) is 5.75 Å². The van der Waals surface area contributed by atoms with Gasteiger partial charge >= 0.3 is 21.7 Å². The first kappa shape index (κ1) is 18.2. The first-order chi connectivity index (χ1) is 6.42. The number of benzene rings is 1. The van der Waals surface area contributed by atoms with Crippen molar-refractivity contribution in [2.45, 2.75) is 6.42 Å². The predicted octanol–water partition coefficient (Wildman–Crippen LogP) is -3.15. The molecule has 0 N–H and O–H groups in total. The fraction of sp³-hybridized carbons (Fsp3) is 0.167. The van der Waals surface area contributed by atoms with E-state index in [0.29, 0.717) is 0 Å². The molecule has 0 amide bonds. The van der Waals surface area contributed by atoms with Crippen molar-refractivity contribution >= 4 is 5.57 Å². The van der Waals surface area contributed by atoms with Crippen LogP contribution < -0.4 is 29.6 Å². The van der Waals surface area contributed by atoms with Gasteiger partial charge in [0.2, 0.25) is 0 Å². The van der Waals surface area contributed by atoms with Gasteiger partial charge in [-0.2, -0.15) is 17.7 Å². The molecule has 0 saturated carbocycles. The maximum atomic E-state index is 5.26. The summed E-state index contributed by atoms with van der Waals surface area (Å²) in [7, 11) is 1.69. The van der Waals surface area contributed by atoms with Crippen LogP contribution in [0.2, 0.25) is 0 Å². The third kappa shape index (κ3) is 3.99. The molecule has 4 heteroatoms. The molecule has 0 atom stereocenters. The maximum absolute atomic E-state index is 5.26. The summed E-state index contributed by atoms with van der Waals surface area (Å²) >= 11 is 0. The van der Waals surface area contributed by atoms with Crippen molar-refractivity contribution in [2.24, 2.45) is 0 Å². The molecular formula is C12H11Cl2OTi. The summed E-state index contributed by atoms with van der Waals surface area (Å²) in [6.07, 6.45) is 8.36. The molecule has 0 heterocycles. The van der Waals surface area contributed by atoms with Crippen LogP contribution in [-0.2, 0) is 21.7 Å². The van der Waals surface area contributed by atoms with Gasteiger partial charge in [0.25, 0.3) is 0 Å². The monoisotopic (exact) mass is 289 g/mol. The fourth-order valence-corrected chi connectivity index (χ4v) is 1.46. The van der Waals surface area contributed by atoms with Crippen LogP contribution in [0.1, 0.15) is 12.0 Å². The van der Waals surface area contributed by atoms with Gasteiger partial charge in [0.1, 0.15) is 0 Å². The van der Waals surface area contributed by atoms with Crippen molar-refractivity contribution < 1.29 is 51.3 Å². The molecule has 1 aliphatic rings. The van der Waals surface area contributed by atoms with Crippen molar-refractivity contribution in [3.8, 4) is 5.75 Å². The second-order valence-electron chi connectivity index (χ2n) is 2.90. The molecule has 0 fully saturated rings. The molecule has 0 bridgehead atoms. The number of ether oxygens (including phenoxy) is 1. The van der Waals surface area contributed by atoms with E-state index in [4.69, 9.17) is 4.74 Å². The fourth-order valence-electron chi connectivity index (χ4n) is 1.46. The smallest absolute Gasteiger partial charge is 1.00 e. The molecule has 1 aromatic carbocycles. The van der Waals surface area contributed by atoms with Crippen LogP contribution in [0.4, 0.5) is 0 Å². The normalized spacial score (nSPS) is 11.7. The number of methoxy groups -OCH3 is 1. The van der Waals surface area contributed by atoms with E-state index in [1.54, 1.807) is 7.11 Å². The Hall–Kier alpha value is -0.206. The number of rotatable bonds is 2. The predicted molar refractivity (Wildman–Crippen MR) is 53.4 cm³/mol. The van der Waals surface area contributed by atoms with Gasteiger partial charge in [0.05, 0.1) is 12.9 Å². The van der Waals surface area contributed by atoms with Gasteiger partial charge in [-0.15, -0.1) is 12.1 Å². The number of halogens is 2. The van der Waals surface area contributed by atoms with E-state index in [1.807, 2.05) is 18.2 Å². The second-order valence-corrected chi connectivity index (χ2v) is 2.90. The van der Waals surface area contributed by atoms with Crippen molar-refractivity contribution in [1.82, 2.24) is 0 Å². The van der Waals surface area contributed by atoms with Crippen molar-refractivity contribution in [1.29, 1.82) is 0 Å². The zero-order valence-corrected chi connectivity index (χ0v) is 11.9. The maximum Gasteiger partial charge on any atom is 3.00 e. The van der Waals surface area contributed by atoms with E-state index >= 15 is 0 Å². The first-order valence-corrected chi connectivity index (χ1v) is 4.32. The Morgan fingerprint density at radius 1 is 1.19 bits per heavy atom. The average Bonchev–Trinajstić information content (AvgIpc) is 2.70. The number of hydrogen-bond acceptors (Lipinski definition) is 1. The average molecular weight is 290 g/mol. The van der Waals surface area contributed by atoms with E-state index < -0.39 is 0 Å². The van der Waals surface area contributed by atoms with Gasteiger partial charge in [0.15, 0.2) is 0 Å². The zero-order chi connectivity index (χ0) is 9.10. The Morgan fingerprint density at radius 3 is 2.44 bits per heavy atom. The van der Waals surface area contributed by atoms with Crippen LogP contribution in [0, 0.1) is 6.08 Å². The number of allylic oxidation sites excluding steroid dienone is 4. The molecule has 1 radical (unpaired) electrons. The van der Waals surface area contributed by atoms with Crippen LogP contribution in [0.15, 0.2) is 36.4 Å². The minimum Gasteiger partial charge on any atom is -1.00 e. The molecule has 83 valence electrons. The molecule has 0 aliphatic heterocycles. The van der Waals surface area contributed by atoms with Crippen LogP contribution in [-0.4, -0.2) is 7.11 Å². The quantitative estimate of drug-likeness (QED) is 0.413. The number of para-hydroxylation sites is 1. The van der Waals surface area contributed by atoms with Crippen molar-refractivity contribution in [2.75, 3.05) is 7.11 Å². The SMILES string of the molecule is COc1ccccc1C1=[C-]CC=C1.[Cl-].[Cl-].[Ti+3]. The van der Waals surface area contributed by atoms with Gasteiger partial charge in [-0.3, -0.25) is 0 Å². The number of hydrogen-bond donors (Lipinski definition) is 0. The van der Waals surface area contributed by atoms with E-state index in [0.717, 1.165) is 23.3 Å². The van der Waals surface area contributed by atoms with Gasteiger partial charge in [-0.05, 0) is 6.07 Å². The second kappa shape index (κ2) is 8.89. The van der Waals surface area contributed by atoms with Gasteiger partial charge in [-0.25, -0.2) is 0 Å². The molecule has 0 aromatic heterocycles. The summed E-state index contributed by atoms with van der Waals surface area (Å²) in [5.74, 6) is 0.913. The van der Waals surface area contributed by atoms with Crippen molar-refractivity contribution in [3.05, 3.63) is 48.1 Å².